The molecule has 0 fully saturated rings. The van der Waals surface area contributed by atoms with Gasteiger partial charge in [0.15, 0.2) is 0 Å². The third-order valence-corrected chi connectivity index (χ3v) is 4.38. The van der Waals surface area contributed by atoms with Crippen LogP contribution in [0, 0.1) is 0 Å². The van der Waals surface area contributed by atoms with Crippen LogP contribution in [0.25, 0.3) is 0 Å². The van der Waals surface area contributed by atoms with Gasteiger partial charge in [0.05, 0.1) is 19.9 Å². The van der Waals surface area contributed by atoms with Crippen LogP contribution < -0.4 is 14.8 Å². The van der Waals surface area contributed by atoms with Crippen molar-refractivity contribution in [2.24, 2.45) is 0 Å². The summed E-state index contributed by atoms with van der Waals surface area (Å²) in [6.45, 7) is 0. The highest BCUT2D eigenvalue weighted by Crippen LogP contribution is 2.44. The highest BCUT2D eigenvalue weighted by molar-refractivity contribution is 9.10. The van der Waals surface area contributed by atoms with Gasteiger partial charge in [0.1, 0.15) is 11.5 Å². The Morgan fingerprint density at radius 1 is 1.14 bits per heavy atom. The summed E-state index contributed by atoms with van der Waals surface area (Å²) < 4.78 is 11.8. The van der Waals surface area contributed by atoms with E-state index in [-0.39, 0.29) is 11.8 Å². The number of hydrogen-bond acceptors (Lipinski definition) is 3. The average molecular weight is 362 g/mol. The van der Waals surface area contributed by atoms with Crippen LogP contribution in [-0.4, -0.2) is 20.1 Å². The molecule has 1 N–H and O–H groups in total. The minimum Gasteiger partial charge on any atom is -0.497 e. The first kappa shape index (κ1) is 14.9. The third-order valence-electron chi connectivity index (χ3n) is 3.86. The molecule has 2 aromatic carbocycles. The SMILES string of the molecule is COc1cc2c(c(OC)c1)[C@H](c1ccc(Br)cc1)CC(=O)N2. The highest BCUT2D eigenvalue weighted by atomic mass is 79.9. The molecule has 1 heterocycles. The maximum atomic E-state index is 12.1. The standard InChI is InChI=1S/C17H16BrNO3/c1-21-12-7-14-17(15(8-12)22-2)13(9-16(20)19-14)10-3-5-11(18)6-4-10/h3-8,13H,9H2,1-2H3,(H,19,20)/t13-/m0/s1. The zero-order chi connectivity index (χ0) is 15.7. The Morgan fingerprint density at radius 3 is 2.50 bits per heavy atom. The Labute approximate surface area is 137 Å². The van der Waals surface area contributed by atoms with Crippen LogP contribution in [0.1, 0.15) is 23.5 Å². The molecule has 1 amide bonds. The largest absolute Gasteiger partial charge is 0.497 e. The van der Waals surface area contributed by atoms with Gasteiger partial charge in [-0.1, -0.05) is 28.1 Å². The molecule has 5 heteroatoms. The van der Waals surface area contributed by atoms with Gasteiger partial charge in [-0.05, 0) is 17.7 Å². The van der Waals surface area contributed by atoms with Gasteiger partial charge in [0.2, 0.25) is 5.91 Å². The summed E-state index contributed by atoms with van der Waals surface area (Å²) in [5, 5.41) is 2.91. The molecular weight excluding hydrogens is 346 g/mol. The second-order valence-electron chi connectivity index (χ2n) is 5.15. The summed E-state index contributed by atoms with van der Waals surface area (Å²) in [6, 6.07) is 11.7. The van der Waals surface area contributed by atoms with Crippen molar-refractivity contribution in [3.8, 4) is 11.5 Å². The van der Waals surface area contributed by atoms with E-state index in [2.05, 4.69) is 21.2 Å². The first-order chi connectivity index (χ1) is 10.6. The number of hydrogen-bond donors (Lipinski definition) is 1. The number of amides is 1. The zero-order valence-electron chi connectivity index (χ0n) is 12.4. The quantitative estimate of drug-likeness (QED) is 0.900. The van der Waals surface area contributed by atoms with Crippen LogP contribution in [0.15, 0.2) is 40.9 Å². The zero-order valence-corrected chi connectivity index (χ0v) is 13.9. The van der Waals surface area contributed by atoms with Crippen molar-refractivity contribution >= 4 is 27.5 Å². The van der Waals surface area contributed by atoms with Crippen LogP contribution in [0.2, 0.25) is 0 Å². The fourth-order valence-corrected chi connectivity index (χ4v) is 3.08. The van der Waals surface area contributed by atoms with Crippen LogP contribution in [-0.2, 0) is 4.79 Å². The van der Waals surface area contributed by atoms with Gasteiger partial charge in [0, 0.05) is 34.5 Å². The highest BCUT2D eigenvalue weighted by Gasteiger charge is 2.30. The number of rotatable bonds is 3. The van der Waals surface area contributed by atoms with Crippen LogP contribution in [0.4, 0.5) is 5.69 Å². The predicted molar refractivity (Wildman–Crippen MR) is 88.8 cm³/mol. The molecule has 1 atom stereocenters. The second kappa shape index (κ2) is 6.01. The number of carbonyl (C=O) groups is 1. The van der Waals surface area contributed by atoms with Gasteiger partial charge in [-0.25, -0.2) is 0 Å². The van der Waals surface area contributed by atoms with Crippen molar-refractivity contribution in [3.05, 3.63) is 52.0 Å². The van der Waals surface area contributed by atoms with Crippen molar-refractivity contribution in [1.29, 1.82) is 0 Å². The van der Waals surface area contributed by atoms with Gasteiger partial charge < -0.3 is 14.8 Å². The van der Waals surface area contributed by atoms with E-state index in [4.69, 9.17) is 9.47 Å². The van der Waals surface area contributed by atoms with E-state index in [0.717, 1.165) is 27.0 Å². The Hall–Kier alpha value is -2.01. The molecule has 0 bridgehead atoms. The maximum absolute atomic E-state index is 12.1. The van der Waals surface area contributed by atoms with Crippen LogP contribution >= 0.6 is 15.9 Å². The summed E-state index contributed by atoms with van der Waals surface area (Å²) >= 11 is 3.44. The molecule has 2 aromatic rings. The molecule has 0 saturated heterocycles. The van der Waals surface area contributed by atoms with Crippen molar-refractivity contribution in [1.82, 2.24) is 0 Å². The summed E-state index contributed by atoms with van der Waals surface area (Å²) in [5.41, 5.74) is 2.83. The summed E-state index contributed by atoms with van der Waals surface area (Å²) in [6.07, 6.45) is 0.400. The summed E-state index contributed by atoms with van der Waals surface area (Å²) in [5.74, 6) is 1.35. The third kappa shape index (κ3) is 2.68. The van der Waals surface area contributed by atoms with Crippen LogP contribution in [0.3, 0.4) is 0 Å². The Balaban J connectivity index is 2.15. The van der Waals surface area contributed by atoms with Gasteiger partial charge in [-0.2, -0.15) is 0 Å². The summed E-state index contributed by atoms with van der Waals surface area (Å²) in [7, 11) is 3.22. The normalized spacial score (nSPS) is 16.7. The lowest BCUT2D eigenvalue weighted by Gasteiger charge is -2.28. The molecule has 1 aliphatic rings. The van der Waals surface area contributed by atoms with E-state index in [1.54, 1.807) is 14.2 Å². The van der Waals surface area contributed by atoms with Gasteiger partial charge in [-0.15, -0.1) is 0 Å². The molecule has 0 saturated carbocycles. The average Bonchev–Trinajstić information content (AvgIpc) is 2.53. The van der Waals surface area contributed by atoms with E-state index in [9.17, 15) is 4.79 Å². The predicted octanol–water partition coefficient (Wildman–Crippen LogP) is 3.94. The van der Waals surface area contributed by atoms with E-state index >= 15 is 0 Å². The first-order valence-corrected chi connectivity index (χ1v) is 7.73. The fraction of sp³-hybridized carbons (Fsp3) is 0.235. The monoisotopic (exact) mass is 361 g/mol. The molecule has 3 rings (SSSR count). The van der Waals surface area contributed by atoms with E-state index in [0.29, 0.717) is 12.2 Å². The lowest BCUT2D eigenvalue weighted by molar-refractivity contribution is -0.116. The van der Waals surface area contributed by atoms with Crippen molar-refractivity contribution in [2.75, 3.05) is 19.5 Å². The topological polar surface area (TPSA) is 47.6 Å². The van der Waals surface area contributed by atoms with Crippen molar-refractivity contribution in [3.63, 3.8) is 0 Å². The van der Waals surface area contributed by atoms with Gasteiger partial charge >= 0.3 is 0 Å². The Kier molecular flexibility index (Phi) is 4.07. The number of benzene rings is 2. The van der Waals surface area contributed by atoms with E-state index < -0.39 is 0 Å². The number of halogens is 1. The number of carbonyl (C=O) groups excluding carboxylic acids is 1. The molecule has 0 unspecified atom stereocenters. The molecule has 1 aliphatic heterocycles. The molecule has 4 nitrogen and oxygen atoms in total. The molecule has 0 aromatic heterocycles. The number of ether oxygens (including phenoxy) is 2. The summed E-state index contributed by atoms with van der Waals surface area (Å²) in [4.78, 5) is 12.1. The maximum Gasteiger partial charge on any atom is 0.225 e. The van der Waals surface area contributed by atoms with Crippen molar-refractivity contribution in [2.45, 2.75) is 12.3 Å². The molecule has 114 valence electrons. The minimum absolute atomic E-state index is 0.00396. The lowest BCUT2D eigenvalue weighted by atomic mass is 9.84. The lowest BCUT2D eigenvalue weighted by Crippen LogP contribution is -2.24. The molecule has 0 radical (unpaired) electrons. The number of anilines is 1. The van der Waals surface area contributed by atoms with Crippen LogP contribution in [0.5, 0.6) is 11.5 Å². The molecular formula is C17H16BrNO3. The van der Waals surface area contributed by atoms with Crippen molar-refractivity contribution < 1.29 is 14.3 Å². The Bertz CT molecular complexity index is 713. The van der Waals surface area contributed by atoms with Gasteiger partial charge in [0.25, 0.3) is 0 Å². The fourth-order valence-electron chi connectivity index (χ4n) is 2.82. The first-order valence-electron chi connectivity index (χ1n) is 6.93. The number of fused-ring (bicyclic) bond motifs is 1. The molecule has 22 heavy (non-hydrogen) atoms. The van der Waals surface area contributed by atoms with E-state index in [1.165, 1.54) is 0 Å². The molecule has 0 spiro atoms. The number of nitrogens with one attached hydrogen (secondary N) is 1. The van der Waals surface area contributed by atoms with E-state index in [1.807, 2.05) is 36.4 Å². The minimum atomic E-state index is -0.0299. The second-order valence-corrected chi connectivity index (χ2v) is 6.06. The van der Waals surface area contributed by atoms with Gasteiger partial charge in [-0.3, -0.25) is 4.79 Å². The molecule has 0 aliphatic carbocycles. The number of methoxy groups -OCH3 is 2. The Morgan fingerprint density at radius 2 is 1.86 bits per heavy atom. The smallest absolute Gasteiger partial charge is 0.225 e.